The van der Waals surface area contributed by atoms with Gasteiger partial charge in [-0.15, -0.1) is 0 Å². The number of aliphatic hydroxyl groups is 1. The Kier molecular flexibility index (Phi) is 7.30. The average Bonchev–Trinajstić information content (AvgIpc) is 3.27. The molecule has 0 aliphatic rings. The summed E-state index contributed by atoms with van der Waals surface area (Å²) in [6, 6.07) is 17.7. The van der Waals surface area contributed by atoms with Gasteiger partial charge in [-0.25, -0.2) is 13.4 Å². The second kappa shape index (κ2) is 9.75. The Hall–Kier alpha value is -2.35. The van der Waals surface area contributed by atoms with Crippen LogP contribution in [0.15, 0.2) is 71.8 Å². The summed E-state index contributed by atoms with van der Waals surface area (Å²) in [6.07, 6.45) is 2.94. The first kappa shape index (κ1) is 27.7. The molecule has 9 heteroatoms. The van der Waals surface area contributed by atoms with Crippen molar-refractivity contribution < 1.29 is 13.5 Å². The van der Waals surface area contributed by atoms with Crippen molar-refractivity contribution in [2.75, 3.05) is 6.26 Å². The van der Waals surface area contributed by atoms with Crippen molar-refractivity contribution in [1.29, 1.82) is 0 Å². The third-order valence-corrected chi connectivity index (χ3v) is 8.55. The maximum Gasteiger partial charge on any atom is 0.175 e. The first-order valence-corrected chi connectivity index (χ1v) is 14.5. The molecule has 0 aliphatic carbocycles. The lowest BCUT2D eigenvalue weighted by Crippen LogP contribution is -2.25. The number of hydrogen-bond donors (Lipinski definition) is 1. The van der Waals surface area contributed by atoms with Gasteiger partial charge in [-0.3, -0.25) is 0 Å². The molecule has 0 saturated heterocycles. The van der Waals surface area contributed by atoms with E-state index in [2.05, 4.69) is 0 Å². The molecule has 3 aromatic carbocycles. The van der Waals surface area contributed by atoms with Gasteiger partial charge in [-0.05, 0) is 74.7 Å². The van der Waals surface area contributed by atoms with Gasteiger partial charge < -0.3 is 9.67 Å². The quantitative estimate of drug-likeness (QED) is 0.258. The Labute approximate surface area is 232 Å². The van der Waals surface area contributed by atoms with Crippen LogP contribution in [0.1, 0.15) is 44.8 Å². The number of imidazole rings is 1. The Bertz CT molecular complexity index is 1600. The molecule has 0 aliphatic heterocycles. The molecule has 0 unspecified atom stereocenters. The number of rotatable bonds is 6. The molecule has 0 fully saturated rings. The van der Waals surface area contributed by atoms with Gasteiger partial charge in [0.25, 0.3) is 0 Å². The molecule has 0 saturated carbocycles. The summed E-state index contributed by atoms with van der Waals surface area (Å²) < 4.78 is 25.9. The SMILES string of the molecule is CC(C)(O)c1cn(-c2ccc(-c3cccc(S(C)(=O)=O)c3)cc2Cl)c(C(C)(C)c2cccc(Cl)c2Cl)n1. The molecule has 0 radical (unpaired) electrons. The molecule has 0 atom stereocenters. The zero-order valence-electron chi connectivity index (χ0n) is 21.1. The smallest absolute Gasteiger partial charge is 0.175 e. The summed E-state index contributed by atoms with van der Waals surface area (Å²) in [5.74, 6) is 0.613. The minimum absolute atomic E-state index is 0.233. The van der Waals surface area contributed by atoms with E-state index in [1.807, 2.05) is 48.7 Å². The predicted molar refractivity (Wildman–Crippen MR) is 151 cm³/mol. The highest BCUT2D eigenvalue weighted by Gasteiger charge is 2.34. The third-order valence-electron chi connectivity index (χ3n) is 6.32. The van der Waals surface area contributed by atoms with Crippen molar-refractivity contribution in [3.05, 3.63) is 99.0 Å². The molecule has 5 nitrogen and oxygen atoms in total. The van der Waals surface area contributed by atoms with Crippen LogP contribution in [-0.4, -0.2) is 29.3 Å². The van der Waals surface area contributed by atoms with E-state index in [1.165, 1.54) is 6.26 Å². The fraction of sp³-hybridized carbons (Fsp3) is 0.250. The van der Waals surface area contributed by atoms with Gasteiger partial charge in [-0.2, -0.15) is 0 Å². The Balaban J connectivity index is 1.89. The van der Waals surface area contributed by atoms with Crippen LogP contribution >= 0.6 is 34.8 Å². The number of aromatic nitrogens is 2. The van der Waals surface area contributed by atoms with Gasteiger partial charge in [-0.1, -0.05) is 65.1 Å². The van der Waals surface area contributed by atoms with Crippen molar-refractivity contribution in [1.82, 2.24) is 9.55 Å². The van der Waals surface area contributed by atoms with E-state index < -0.39 is 20.9 Å². The van der Waals surface area contributed by atoms with Crippen LogP contribution in [0.3, 0.4) is 0 Å². The largest absolute Gasteiger partial charge is 0.384 e. The van der Waals surface area contributed by atoms with E-state index in [0.29, 0.717) is 32.3 Å². The van der Waals surface area contributed by atoms with E-state index >= 15 is 0 Å². The molecule has 0 spiro atoms. The summed E-state index contributed by atoms with van der Waals surface area (Å²) in [5, 5.41) is 12.1. The molecule has 1 aromatic heterocycles. The van der Waals surface area contributed by atoms with Crippen molar-refractivity contribution >= 4 is 44.6 Å². The number of benzene rings is 3. The van der Waals surface area contributed by atoms with Crippen LogP contribution in [0.5, 0.6) is 0 Å². The summed E-state index contributed by atoms with van der Waals surface area (Å²) in [5.41, 5.74) is 1.47. The predicted octanol–water partition coefficient (Wildman–Crippen LogP) is 7.46. The van der Waals surface area contributed by atoms with Gasteiger partial charge in [0.05, 0.1) is 31.3 Å². The summed E-state index contributed by atoms with van der Waals surface area (Å²) >= 11 is 19.7. The summed E-state index contributed by atoms with van der Waals surface area (Å²) in [7, 11) is -3.35. The van der Waals surface area contributed by atoms with Crippen molar-refractivity contribution in [3.8, 4) is 16.8 Å². The molecular weight excluding hydrogens is 551 g/mol. The lowest BCUT2D eigenvalue weighted by Gasteiger charge is -2.27. The van der Waals surface area contributed by atoms with Crippen molar-refractivity contribution in [2.45, 2.75) is 43.6 Å². The molecule has 4 aromatic rings. The van der Waals surface area contributed by atoms with Crippen LogP contribution in [0.25, 0.3) is 16.8 Å². The number of nitrogens with zero attached hydrogens (tertiary/aromatic N) is 2. The van der Waals surface area contributed by atoms with E-state index in [0.717, 1.165) is 16.7 Å². The second-order valence-electron chi connectivity index (χ2n) is 10.1. The van der Waals surface area contributed by atoms with E-state index in [1.54, 1.807) is 50.4 Å². The standard InChI is InChI=1S/C28H27Cl3N2O3S/c1-27(2,20-10-7-11-21(29)25(20)31)26-32-24(28(3,4)34)16-33(26)23-13-12-18(15-22(23)30)17-8-6-9-19(14-17)37(5,35)36/h6-16,34H,1-5H3. The fourth-order valence-corrected chi connectivity index (χ4v) is 5.67. The molecule has 37 heavy (non-hydrogen) atoms. The van der Waals surface area contributed by atoms with Gasteiger partial charge in [0.15, 0.2) is 9.84 Å². The Morgan fingerprint density at radius 2 is 1.51 bits per heavy atom. The lowest BCUT2D eigenvalue weighted by atomic mass is 9.83. The highest BCUT2D eigenvalue weighted by Crippen LogP contribution is 2.41. The van der Waals surface area contributed by atoms with Crippen LogP contribution in [0.2, 0.25) is 15.1 Å². The highest BCUT2D eigenvalue weighted by atomic mass is 35.5. The molecule has 1 N–H and O–H groups in total. The van der Waals surface area contributed by atoms with E-state index in [4.69, 9.17) is 39.8 Å². The average molecular weight is 578 g/mol. The minimum Gasteiger partial charge on any atom is -0.384 e. The van der Waals surface area contributed by atoms with Crippen LogP contribution in [0, 0.1) is 0 Å². The highest BCUT2D eigenvalue weighted by molar-refractivity contribution is 7.90. The second-order valence-corrected chi connectivity index (χ2v) is 13.3. The van der Waals surface area contributed by atoms with Crippen molar-refractivity contribution in [3.63, 3.8) is 0 Å². The van der Waals surface area contributed by atoms with Gasteiger partial charge in [0.1, 0.15) is 11.4 Å². The fourth-order valence-electron chi connectivity index (χ4n) is 4.19. The summed E-state index contributed by atoms with van der Waals surface area (Å²) in [4.78, 5) is 5.06. The number of hydrogen-bond acceptors (Lipinski definition) is 4. The maximum atomic E-state index is 12.0. The molecule has 194 valence electrons. The molecular formula is C28H27Cl3N2O3S. The lowest BCUT2D eigenvalue weighted by molar-refractivity contribution is 0.0740. The minimum atomic E-state index is -3.35. The van der Waals surface area contributed by atoms with E-state index in [9.17, 15) is 13.5 Å². The zero-order chi connectivity index (χ0) is 27.3. The Morgan fingerprint density at radius 3 is 2.14 bits per heavy atom. The van der Waals surface area contributed by atoms with Crippen LogP contribution in [-0.2, 0) is 20.9 Å². The maximum absolute atomic E-state index is 12.0. The Morgan fingerprint density at radius 1 is 0.865 bits per heavy atom. The topological polar surface area (TPSA) is 72.2 Å². The van der Waals surface area contributed by atoms with Crippen LogP contribution < -0.4 is 0 Å². The summed E-state index contributed by atoms with van der Waals surface area (Å²) in [6.45, 7) is 7.30. The monoisotopic (exact) mass is 576 g/mol. The van der Waals surface area contributed by atoms with Gasteiger partial charge in [0, 0.05) is 17.9 Å². The number of halogens is 3. The first-order valence-electron chi connectivity index (χ1n) is 11.5. The van der Waals surface area contributed by atoms with Crippen LogP contribution in [0.4, 0.5) is 0 Å². The third kappa shape index (κ3) is 5.45. The molecule has 1 heterocycles. The van der Waals surface area contributed by atoms with Gasteiger partial charge in [0.2, 0.25) is 0 Å². The number of sulfone groups is 1. The van der Waals surface area contributed by atoms with Gasteiger partial charge >= 0.3 is 0 Å². The van der Waals surface area contributed by atoms with Crippen molar-refractivity contribution in [2.24, 2.45) is 0 Å². The molecule has 0 bridgehead atoms. The first-order chi connectivity index (χ1) is 17.1. The molecule has 4 rings (SSSR count). The zero-order valence-corrected chi connectivity index (χ0v) is 24.1. The molecule has 0 amide bonds. The van der Waals surface area contributed by atoms with E-state index in [-0.39, 0.29) is 4.90 Å². The normalized spacial score (nSPS) is 12.7.